The van der Waals surface area contributed by atoms with Gasteiger partial charge in [-0.1, -0.05) is 38.1 Å². The average Bonchev–Trinajstić information content (AvgIpc) is 2.63. The average molecular weight is 358 g/mol. The molecule has 2 aromatic rings. The van der Waals surface area contributed by atoms with Gasteiger partial charge in [-0.3, -0.25) is 9.78 Å². The second-order valence-corrected chi connectivity index (χ2v) is 6.24. The minimum absolute atomic E-state index is 0.294. The Morgan fingerprint density at radius 2 is 1.65 bits per heavy atom. The second kappa shape index (κ2) is 7.95. The topological polar surface area (TPSA) is 117 Å². The molecule has 3 N–H and O–H groups in total. The SMILES string of the molecule is CCC(CC)(Cc1ccc2ccccc2n1)C(=O)NC(C(=O)O)C(=O)O. The van der Waals surface area contributed by atoms with E-state index in [9.17, 15) is 14.4 Å². The van der Waals surface area contributed by atoms with Crippen LogP contribution in [0.3, 0.4) is 0 Å². The number of rotatable bonds is 8. The molecule has 1 amide bonds. The molecule has 7 heteroatoms. The molecule has 7 nitrogen and oxygen atoms in total. The molecule has 0 aliphatic heterocycles. The Morgan fingerprint density at radius 1 is 1.04 bits per heavy atom. The molecule has 0 saturated carbocycles. The normalized spacial score (nSPS) is 11.5. The van der Waals surface area contributed by atoms with Crippen molar-refractivity contribution in [2.75, 3.05) is 0 Å². The van der Waals surface area contributed by atoms with Crippen LogP contribution in [0.15, 0.2) is 36.4 Å². The summed E-state index contributed by atoms with van der Waals surface area (Å²) in [7, 11) is 0. The van der Waals surface area contributed by atoms with Crippen LogP contribution in [-0.2, 0) is 20.8 Å². The highest BCUT2D eigenvalue weighted by Gasteiger charge is 2.39. The first-order valence-corrected chi connectivity index (χ1v) is 8.44. The van der Waals surface area contributed by atoms with Crippen LogP contribution in [0.4, 0.5) is 0 Å². The van der Waals surface area contributed by atoms with Crippen molar-refractivity contribution in [1.82, 2.24) is 10.3 Å². The molecule has 0 radical (unpaired) electrons. The highest BCUT2D eigenvalue weighted by atomic mass is 16.4. The first-order chi connectivity index (χ1) is 12.3. The Hall–Kier alpha value is -2.96. The highest BCUT2D eigenvalue weighted by Crippen LogP contribution is 2.31. The van der Waals surface area contributed by atoms with E-state index in [1.165, 1.54) is 0 Å². The lowest BCUT2D eigenvalue weighted by molar-refractivity contribution is -0.154. The van der Waals surface area contributed by atoms with Crippen LogP contribution >= 0.6 is 0 Å². The van der Waals surface area contributed by atoms with Gasteiger partial charge in [0.05, 0.1) is 10.9 Å². The number of carbonyl (C=O) groups is 3. The van der Waals surface area contributed by atoms with E-state index in [0.29, 0.717) is 25.0 Å². The summed E-state index contributed by atoms with van der Waals surface area (Å²) in [4.78, 5) is 39.5. The van der Waals surface area contributed by atoms with E-state index >= 15 is 0 Å². The third kappa shape index (κ3) is 3.99. The zero-order valence-electron chi connectivity index (χ0n) is 14.7. The standard InChI is InChI=1S/C19H22N2O5/c1-3-19(4-2,18(26)21-15(16(22)23)17(24)25)11-13-10-9-12-7-5-6-8-14(12)20-13/h5-10,15H,3-4,11H2,1-2H3,(H,21,26)(H,22,23)(H,24,25). The van der Waals surface area contributed by atoms with Crippen LogP contribution in [0.2, 0.25) is 0 Å². The number of hydrogen-bond donors (Lipinski definition) is 3. The van der Waals surface area contributed by atoms with E-state index in [4.69, 9.17) is 10.2 Å². The number of fused-ring (bicyclic) bond motifs is 1. The number of carbonyl (C=O) groups excluding carboxylic acids is 1. The van der Waals surface area contributed by atoms with Gasteiger partial charge in [0.15, 0.2) is 0 Å². The predicted molar refractivity (Wildman–Crippen MR) is 95.7 cm³/mol. The molecule has 2 rings (SSSR count). The van der Waals surface area contributed by atoms with Gasteiger partial charge in [-0.2, -0.15) is 0 Å². The van der Waals surface area contributed by atoms with E-state index < -0.39 is 29.3 Å². The van der Waals surface area contributed by atoms with Crippen LogP contribution in [0.5, 0.6) is 0 Å². The first kappa shape index (κ1) is 19.4. The van der Waals surface area contributed by atoms with Gasteiger partial charge in [0, 0.05) is 17.5 Å². The van der Waals surface area contributed by atoms with Gasteiger partial charge in [-0.25, -0.2) is 9.59 Å². The lowest BCUT2D eigenvalue weighted by Gasteiger charge is -2.31. The van der Waals surface area contributed by atoms with E-state index in [2.05, 4.69) is 10.3 Å². The van der Waals surface area contributed by atoms with Gasteiger partial charge in [0.25, 0.3) is 0 Å². The molecule has 0 aliphatic rings. The van der Waals surface area contributed by atoms with Crippen molar-refractivity contribution in [3.8, 4) is 0 Å². The predicted octanol–water partition coefficient (Wildman–Crippen LogP) is 2.24. The summed E-state index contributed by atoms with van der Waals surface area (Å²) in [5.41, 5.74) is 0.573. The molecule has 0 bridgehead atoms. The summed E-state index contributed by atoms with van der Waals surface area (Å²) in [5.74, 6) is -3.79. The number of para-hydroxylation sites is 1. The molecule has 1 aromatic carbocycles. The number of aliphatic carboxylic acids is 2. The van der Waals surface area contributed by atoms with Gasteiger partial charge in [0.2, 0.25) is 11.9 Å². The fourth-order valence-electron chi connectivity index (χ4n) is 2.97. The number of amides is 1. The van der Waals surface area contributed by atoms with Crippen LogP contribution < -0.4 is 5.32 Å². The fourth-order valence-corrected chi connectivity index (χ4v) is 2.97. The van der Waals surface area contributed by atoms with Crippen molar-refractivity contribution in [2.45, 2.75) is 39.2 Å². The quantitative estimate of drug-likeness (QED) is 0.623. The molecular formula is C19H22N2O5. The van der Waals surface area contributed by atoms with E-state index in [1.807, 2.05) is 50.2 Å². The minimum atomic E-state index is -1.97. The van der Waals surface area contributed by atoms with Crippen molar-refractivity contribution in [3.63, 3.8) is 0 Å². The molecule has 138 valence electrons. The van der Waals surface area contributed by atoms with Crippen molar-refractivity contribution < 1.29 is 24.6 Å². The summed E-state index contributed by atoms with van der Waals surface area (Å²) in [5, 5.41) is 21.1. The number of benzene rings is 1. The number of carboxylic acids is 2. The van der Waals surface area contributed by atoms with E-state index in [0.717, 1.165) is 10.9 Å². The molecule has 0 saturated heterocycles. The number of pyridine rings is 1. The third-order valence-corrected chi connectivity index (χ3v) is 4.78. The monoisotopic (exact) mass is 358 g/mol. The Morgan fingerprint density at radius 3 is 2.23 bits per heavy atom. The zero-order chi connectivity index (χ0) is 19.3. The maximum atomic E-state index is 12.7. The van der Waals surface area contributed by atoms with Crippen molar-refractivity contribution in [2.24, 2.45) is 5.41 Å². The van der Waals surface area contributed by atoms with Crippen molar-refractivity contribution >= 4 is 28.7 Å². The molecule has 0 fully saturated rings. The van der Waals surface area contributed by atoms with Crippen molar-refractivity contribution in [3.05, 3.63) is 42.1 Å². The molecule has 26 heavy (non-hydrogen) atoms. The maximum Gasteiger partial charge on any atom is 0.338 e. The summed E-state index contributed by atoms with van der Waals surface area (Å²) in [6.45, 7) is 3.64. The summed E-state index contributed by atoms with van der Waals surface area (Å²) in [6, 6.07) is 9.40. The fraction of sp³-hybridized carbons (Fsp3) is 0.368. The molecule has 0 atom stereocenters. The van der Waals surface area contributed by atoms with Crippen LogP contribution in [0, 0.1) is 5.41 Å². The van der Waals surface area contributed by atoms with E-state index in [1.54, 1.807) is 0 Å². The smallest absolute Gasteiger partial charge is 0.338 e. The van der Waals surface area contributed by atoms with Crippen molar-refractivity contribution in [1.29, 1.82) is 0 Å². The third-order valence-electron chi connectivity index (χ3n) is 4.78. The van der Waals surface area contributed by atoms with Gasteiger partial charge >= 0.3 is 11.9 Å². The Bertz CT molecular complexity index is 816. The number of aromatic nitrogens is 1. The highest BCUT2D eigenvalue weighted by molar-refractivity contribution is 6.01. The van der Waals surface area contributed by atoms with Gasteiger partial charge < -0.3 is 15.5 Å². The molecular weight excluding hydrogens is 336 g/mol. The Labute approximate surface area is 151 Å². The summed E-state index contributed by atoms with van der Waals surface area (Å²) in [6.07, 6.45) is 1.15. The summed E-state index contributed by atoms with van der Waals surface area (Å²) < 4.78 is 0. The molecule has 0 aliphatic carbocycles. The largest absolute Gasteiger partial charge is 0.479 e. The Balaban J connectivity index is 2.30. The maximum absolute atomic E-state index is 12.7. The second-order valence-electron chi connectivity index (χ2n) is 6.24. The summed E-state index contributed by atoms with van der Waals surface area (Å²) >= 11 is 0. The van der Waals surface area contributed by atoms with E-state index in [-0.39, 0.29) is 0 Å². The molecule has 1 aromatic heterocycles. The zero-order valence-corrected chi connectivity index (χ0v) is 14.7. The number of carboxylic acid groups (broad SMARTS) is 2. The number of nitrogens with zero attached hydrogens (tertiary/aromatic N) is 1. The van der Waals surface area contributed by atoms with Crippen LogP contribution in [0.1, 0.15) is 32.4 Å². The molecule has 0 unspecified atom stereocenters. The Kier molecular flexibility index (Phi) is 5.92. The lowest BCUT2D eigenvalue weighted by Crippen LogP contribution is -2.52. The van der Waals surface area contributed by atoms with Crippen LogP contribution in [-0.4, -0.2) is 39.1 Å². The van der Waals surface area contributed by atoms with Crippen LogP contribution in [0.25, 0.3) is 10.9 Å². The molecule has 1 heterocycles. The molecule has 0 spiro atoms. The number of nitrogens with one attached hydrogen (secondary N) is 1. The minimum Gasteiger partial charge on any atom is -0.479 e. The lowest BCUT2D eigenvalue weighted by atomic mass is 9.77. The van der Waals surface area contributed by atoms with Gasteiger partial charge in [-0.05, 0) is 25.0 Å². The van der Waals surface area contributed by atoms with Gasteiger partial charge in [0.1, 0.15) is 0 Å². The number of hydrogen-bond acceptors (Lipinski definition) is 4. The first-order valence-electron chi connectivity index (χ1n) is 8.44. The van der Waals surface area contributed by atoms with Gasteiger partial charge in [-0.15, -0.1) is 0 Å².